The summed E-state index contributed by atoms with van der Waals surface area (Å²) in [5, 5.41) is 19.3. The summed E-state index contributed by atoms with van der Waals surface area (Å²) >= 11 is 7.42. The Morgan fingerprint density at radius 2 is 1.86 bits per heavy atom. The Morgan fingerprint density at radius 3 is 2.54 bits per heavy atom. The maximum atomic E-state index is 12.9. The number of fused-ring (bicyclic) bond motifs is 1. The van der Waals surface area contributed by atoms with Gasteiger partial charge in [-0.05, 0) is 23.3 Å². The summed E-state index contributed by atoms with van der Waals surface area (Å²) in [6, 6.07) is 15.7. The van der Waals surface area contributed by atoms with Crippen LogP contribution in [0.5, 0.6) is 0 Å². The number of halogens is 1. The molecule has 3 aromatic rings. The number of anilines is 1. The summed E-state index contributed by atoms with van der Waals surface area (Å²) in [5.41, 5.74) is 4.63. The molecule has 0 saturated carbocycles. The monoisotopic (exact) mass is 512 g/mol. The predicted octanol–water partition coefficient (Wildman–Crippen LogP) is 4.18. The van der Waals surface area contributed by atoms with E-state index in [2.05, 4.69) is 44.7 Å². The van der Waals surface area contributed by atoms with Gasteiger partial charge in [0.1, 0.15) is 0 Å². The zero-order valence-electron chi connectivity index (χ0n) is 18.9. The minimum atomic E-state index is -1.02. The first-order chi connectivity index (χ1) is 17.0. The van der Waals surface area contributed by atoms with Crippen LogP contribution in [-0.4, -0.2) is 63.6 Å². The van der Waals surface area contributed by atoms with Crippen LogP contribution in [0.3, 0.4) is 0 Å². The largest absolute Gasteiger partial charge is 0.481 e. The number of aromatic amines is 1. The zero-order chi connectivity index (χ0) is 24.4. The topological polar surface area (TPSA) is 108 Å². The maximum absolute atomic E-state index is 12.9. The van der Waals surface area contributed by atoms with E-state index < -0.39 is 11.2 Å². The molecule has 2 aliphatic heterocycles. The number of hydrogen-bond acceptors (Lipinski definition) is 6. The van der Waals surface area contributed by atoms with Gasteiger partial charge in [0.15, 0.2) is 5.82 Å². The van der Waals surface area contributed by atoms with Crippen molar-refractivity contribution in [2.45, 2.75) is 23.5 Å². The third-order valence-corrected chi connectivity index (χ3v) is 7.93. The van der Waals surface area contributed by atoms with E-state index in [9.17, 15) is 14.7 Å². The average molecular weight is 513 g/mol. The molecule has 0 spiro atoms. The van der Waals surface area contributed by atoms with Gasteiger partial charge in [-0.1, -0.05) is 48.0 Å². The number of carbonyl (C=O) groups excluding carboxylic acids is 1. The molecule has 1 amide bonds. The van der Waals surface area contributed by atoms with Gasteiger partial charge in [0.2, 0.25) is 5.91 Å². The molecule has 0 radical (unpaired) electrons. The number of thioether (sulfide) groups is 1. The summed E-state index contributed by atoms with van der Waals surface area (Å²) in [6.45, 7) is 4.16. The number of aromatic nitrogens is 2. The Balaban J connectivity index is 1.51. The van der Waals surface area contributed by atoms with Crippen LogP contribution in [0, 0.1) is 0 Å². The molecule has 2 aromatic carbocycles. The van der Waals surface area contributed by atoms with Crippen LogP contribution < -0.4 is 5.32 Å². The van der Waals surface area contributed by atoms with E-state index in [-0.39, 0.29) is 17.6 Å². The first kappa shape index (κ1) is 23.9. The fourth-order valence-electron chi connectivity index (χ4n) is 4.39. The van der Waals surface area contributed by atoms with Crippen LogP contribution >= 0.6 is 23.4 Å². The third kappa shape index (κ3) is 5.38. The van der Waals surface area contributed by atoms with Crippen LogP contribution in [0.1, 0.15) is 28.4 Å². The van der Waals surface area contributed by atoms with Gasteiger partial charge in [-0.25, -0.2) is 0 Å². The third-order valence-electron chi connectivity index (χ3n) is 6.19. The van der Waals surface area contributed by atoms with Crippen molar-refractivity contribution in [1.82, 2.24) is 15.1 Å². The molecule has 3 N–H and O–H groups in total. The smallest absolute Gasteiger partial charge is 0.305 e. The second kappa shape index (κ2) is 10.4. The average Bonchev–Trinajstić information content (AvgIpc) is 3.20. The molecule has 8 nitrogen and oxygen atoms in total. The first-order valence-corrected chi connectivity index (χ1v) is 12.7. The van der Waals surface area contributed by atoms with Crippen molar-refractivity contribution < 1.29 is 19.4 Å². The number of nitrogens with one attached hydrogen (secondary N) is 2. The van der Waals surface area contributed by atoms with E-state index >= 15 is 0 Å². The van der Waals surface area contributed by atoms with Crippen molar-refractivity contribution in [2.75, 3.05) is 31.6 Å². The number of benzene rings is 2. The van der Waals surface area contributed by atoms with Gasteiger partial charge in [0, 0.05) is 35.8 Å². The summed E-state index contributed by atoms with van der Waals surface area (Å²) in [4.78, 5) is 26.7. The highest BCUT2D eigenvalue weighted by Crippen LogP contribution is 2.48. The standard InChI is InChI=1S/C25H25ClN4O4S/c26-18-7-5-16(6-8-18)22-21-23(35-19(13-20(31)32)25(33)27-24(21)29-28-22)17-3-1-15(2-4-17)14-30-9-11-34-12-10-30/h1-8,19,23H,9-14H2,(H,31,32)(H2,27,28,29,33). The molecule has 0 bridgehead atoms. The molecule has 5 rings (SSSR count). The molecular weight excluding hydrogens is 488 g/mol. The lowest BCUT2D eigenvalue weighted by Gasteiger charge is -2.26. The van der Waals surface area contributed by atoms with Gasteiger partial charge in [0.25, 0.3) is 0 Å². The van der Waals surface area contributed by atoms with Gasteiger partial charge in [-0.2, -0.15) is 5.10 Å². The number of carboxylic acids is 1. The van der Waals surface area contributed by atoms with E-state index in [1.165, 1.54) is 17.3 Å². The Hall–Kier alpha value is -2.85. The summed E-state index contributed by atoms with van der Waals surface area (Å²) in [5.74, 6) is -0.960. The molecule has 2 unspecified atom stereocenters. The highest BCUT2D eigenvalue weighted by Gasteiger charge is 2.36. The lowest BCUT2D eigenvalue weighted by atomic mass is 9.99. The Morgan fingerprint density at radius 1 is 1.14 bits per heavy atom. The van der Waals surface area contributed by atoms with E-state index in [0.29, 0.717) is 10.8 Å². The van der Waals surface area contributed by atoms with Gasteiger partial charge >= 0.3 is 5.97 Å². The van der Waals surface area contributed by atoms with Crippen molar-refractivity contribution in [2.24, 2.45) is 0 Å². The molecule has 2 atom stereocenters. The van der Waals surface area contributed by atoms with E-state index in [1.807, 2.05) is 12.1 Å². The molecule has 2 aliphatic rings. The van der Waals surface area contributed by atoms with Crippen LogP contribution in [-0.2, 0) is 20.9 Å². The van der Waals surface area contributed by atoms with Crippen LogP contribution in [0.4, 0.5) is 5.82 Å². The van der Waals surface area contributed by atoms with Crippen molar-refractivity contribution in [3.63, 3.8) is 0 Å². The fourth-order valence-corrected chi connectivity index (χ4v) is 5.94. The fraction of sp³-hybridized carbons (Fsp3) is 0.320. The summed E-state index contributed by atoms with van der Waals surface area (Å²) in [6.07, 6.45) is -0.271. The van der Waals surface area contributed by atoms with Gasteiger partial charge in [-0.3, -0.25) is 19.6 Å². The summed E-state index contributed by atoms with van der Waals surface area (Å²) in [7, 11) is 0. The number of amides is 1. The number of carbonyl (C=O) groups is 2. The quantitative estimate of drug-likeness (QED) is 0.454. The molecule has 182 valence electrons. The van der Waals surface area contributed by atoms with E-state index in [4.69, 9.17) is 16.3 Å². The molecule has 35 heavy (non-hydrogen) atoms. The van der Waals surface area contributed by atoms with Gasteiger partial charge in [0.05, 0.1) is 35.8 Å². The van der Waals surface area contributed by atoms with Gasteiger partial charge < -0.3 is 15.2 Å². The van der Waals surface area contributed by atoms with E-state index in [0.717, 1.165) is 55.2 Å². The predicted molar refractivity (Wildman–Crippen MR) is 136 cm³/mol. The normalized spacial score (nSPS) is 20.7. The lowest BCUT2D eigenvalue weighted by Crippen LogP contribution is -2.35. The number of rotatable bonds is 6. The molecule has 3 heterocycles. The molecule has 1 saturated heterocycles. The van der Waals surface area contributed by atoms with Crippen LogP contribution in [0.15, 0.2) is 48.5 Å². The van der Waals surface area contributed by atoms with Crippen molar-refractivity contribution in [3.05, 3.63) is 70.2 Å². The number of ether oxygens (including phenoxy) is 1. The SMILES string of the molecule is O=C(O)CC1SC(c2ccc(CN3CCOCC3)cc2)c2c(n[nH]c2-c2ccc(Cl)cc2)NC1=O. The molecule has 10 heteroatoms. The second-order valence-electron chi connectivity index (χ2n) is 8.59. The number of nitrogens with zero attached hydrogens (tertiary/aromatic N) is 2. The van der Waals surface area contributed by atoms with E-state index in [1.54, 1.807) is 12.1 Å². The number of H-pyrrole nitrogens is 1. The highest BCUT2D eigenvalue weighted by atomic mass is 35.5. The number of carboxylic acid groups (broad SMARTS) is 1. The Labute approximate surface area is 212 Å². The summed E-state index contributed by atoms with van der Waals surface area (Å²) < 4.78 is 5.44. The first-order valence-electron chi connectivity index (χ1n) is 11.4. The molecule has 1 fully saturated rings. The van der Waals surface area contributed by atoms with Crippen molar-refractivity contribution in [1.29, 1.82) is 0 Å². The van der Waals surface area contributed by atoms with Gasteiger partial charge in [-0.15, -0.1) is 11.8 Å². The highest BCUT2D eigenvalue weighted by molar-refractivity contribution is 8.01. The number of hydrogen-bond donors (Lipinski definition) is 3. The lowest BCUT2D eigenvalue weighted by molar-refractivity contribution is -0.138. The minimum Gasteiger partial charge on any atom is -0.481 e. The van der Waals surface area contributed by atoms with Crippen molar-refractivity contribution in [3.8, 4) is 11.3 Å². The van der Waals surface area contributed by atoms with Crippen LogP contribution in [0.25, 0.3) is 11.3 Å². The molecule has 1 aromatic heterocycles. The molecular formula is C25H25ClN4O4S. The Bertz CT molecular complexity index is 1210. The minimum absolute atomic E-state index is 0.271. The van der Waals surface area contributed by atoms with Crippen LogP contribution in [0.2, 0.25) is 5.02 Å². The molecule has 0 aliphatic carbocycles. The number of morpholine rings is 1. The number of aliphatic carboxylic acids is 1. The maximum Gasteiger partial charge on any atom is 0.305 e. The zero-order valence-corrected chi connectivity index (χ0v) is 20.4. The van der Waals surface area contributed by atoms with Crippen molar-refractivity contribution >= 4 is 41.1 Å². The Kier molecular flexibility index (Phi) is 7.10. The second-order valence-corrected chi connectivity index (χ2v) is 10.3.